The smallest absolute Gasteiger partial charge is 0.246 e. The fraction of sp³-hybridized carbons (Fsp3) is 0.500. The number of sulfonamides is 1. The van der Waals surface area contributed by atoms with Crippen molar-refractivity contribution in [2.45, 2.75) is 12.8 Å². The van der Waals surface area contributed by atoms with Crippen molar-refractivity contribution in [1.29, 1.82) is 0 Å². The zero-order chi connectivity index (χ0) is 15.3. The molecule has 2 rings (SSSR count). The maximum atomic E-state index is 12.0. The van der Waals surface area contributed by atoms with E-state index in [1.165, 1.54) is 6.08 Å². The Kier molecular flexibility index (Phi) is 5.19. The molecule has 0 aliphatic carbocycles. The van der Waals surface area contributed by atoms with E-state index in [4.69, 9.17) is 4.42 Å². The number of piperidine rings is 1. The average molecular weight is 312 g/mol. The molecular formula is C14H20N2O4S. The maximum absolute atomic E-state index is 12.0. The lowest BCUT2D eigenvalue weighted by molar-refractivity contribution is -0.127. The molecule has 7 heteroatoms. The first kappa shape index (κ1) is 15.8. The van der Waals surface area contributed by atoms with E-state index < -0.39 is 10.0 Å². The second-order valence-electron chi connectivity index (χ2n) is 5.24. The minimum absolute atomic E-state index is 0.0408. The molecule has 1 aliphatic rings. The Labute approximate surface area is 124 Å². The number of hydrogen-bond donors (Lipinski definition) is 1. The number of amides is 1. The minimum Gasteiger partial charge on any atom is -0.465 e. The van der Waals surface area contributed by atoms with Crippen molar-refractivity contribution in [2.24, 2.45) is 5.92 Å². The predicted molar refractivity (Wildman–Crippen MR) is 79.9 cm³/mol. The van der Waals surface area contributed by atoms with Gasteiger partial charge in [0.2, 0.25) is 15.9 Å². The summed E-state index contributed by atoms with van der Waals surface area (Å²) in [7, 11) is -3.14. The first-order valence-corrected chi connectivity index (χ1v) is 8.78. The van der Waals surface area contributed by atoms with Crippen molar-refractivity contribution in [3.8, 4) is 0 Å². The van der Waals surface area contributed by atoms with Crippen molar-refractivity contribution in [3.05, 3.63) is 30.2 Å². The summed E-state index contributed by atoms with van der Waals surface area (Å²) in [5.74, 6) is 0.898. The fourth-order valence-corrected chi connectivity index (χ4v) is 2.81. The molecule has 0 unspecified atom stereocenters. The van der Waals surface area contributed by atoms with Gasteiger partial charge in [0.15, 0.2) is 0 Å². The van der Waals surface area contributed by atoms with Crippen LogP contribution in [0.2, 0.25) is 0 Å². The molecule has 1 aliphatic heterocycles. The van der Waals surface area contributed by atoms with Crippen LogP contribution < -0.4 is 4.72 Å². The van der Waals surface area contributed by atoms with E-state index in [-0.39, 0.29) is 11.8 Å². The normalized spacial score (nSPS) is 17.5. The first-order valence-electron chi connectivity index (χ1n) is 6.89. The summed E-state index contributed by atoms with van der Waals surface area (Å²) in [5.41, 5.74) is 0. The number of hydrogen-bond acceptors (Lipinski definition) is 4. The van der Waals surface area contributed by atoms with Gasteiger partial charge in [-0.2, -0.15) is 0 Å². The van der Waals surface area contributed by atoms with Crippen molar-refractivity contribution in [1.82, 2.24) is 9.62 Å². The number of likely N-dealkylation sites (tertiary alicyclic amines) is 1. The van der Waals surface area contributed by atoms with Crippen LogP contribution >= 0.6 is 0 Å². The van der Waals surface area contributed by atoms with E-state index in [1.54, 1.807) is 29.4 Å². The zero-order valence-corrected chi connectivity index (χ0v) is 12.8. The highest BCUT2D eigenvalue weighted by Gasteiger charge is 2.22. The predicted octanol–water partition coefficient (Wildman–Crippen LogP) is 1.08. The van der Waals surface area contributed by atoms with Gasteiger partial charge in [0.25, 0.3) is 0 Å². The van der Waals surface area contributed by atoms with Crippen molar-refractivity contribution in [2.75, 3.05) is 25.9 Å². The highest BCUT2D eigenvalue weighted by Crippen LogP contribution is 2.17. The molecule has 0 bridgehead atoms. The van der Waals surface area contributed by atoms with Crippen molar-refractivity contribution >= 4 is 22.0 Å². The van der Waals surface area contributed by atoms with Gasteiger partial charge in [0.1, 0.15) is 5.76 Å². The van der Waals surface area contributed by atoms with E-state index >= 15 is 0 Å². The lowest BCUT2D eigenvalue weighted by Crippen LogP contribution is -2.40. The van der Waals surface area contributed by atoms with Crippen LogP contribution in [0.15, 0.2) is 28.9 Å². The number of carbonyl (C=O) groups is 1. The standard InChI is InChI=1S/C14H20N2O4S/c1-21(18,19)15-11-12-6-8-16(9-7-12)14(17)5-4-13-3-2-10-20-13/h2-5,10,12,15H,6-9,11H2,1H3/b5-4+. The van der Waals surface area contributed by atoms with Crippen LogP contribution in [0.5, 0.6) is 0 Å². The van der Waals surface area contributed by atoms with Crippen LogP contribution in [-0.4, -0.2) is 45.1 Å². The molecule has 0 atom stereocenters. The fourth-order valence-electron chi connectivity index (χ4n) is 2.27. The molecule has 0 spiro atoms. The van der Waals surface area contributed by atoms with Gasteiger partial charge in [0, 0.05) is 25.7 Å². The summed E-state index contributed by atoms with van der Waals surface area (Å²) >= 11 is 0. The van der Waals surface area contributed by atoms with Crippen LogP contribution in [0.3, 0.4) is 0 Å². The lowest BCUT2D eigenvalue weighted by atomic mass is 9.97. The Morgan fingerprint density at radius 2 is 2.19 bits per heavy atom. The van der Waals surface area contributed by atoms with Gasteiger partial charge >= 0.3 is 0 Å². The molecular weight excluding hydrogens is 292 g/mol. The van der Waals surface area contributed by atoms with Gasteiger partial charge in [0.05, 0.1) is 12.5 Å². The van der Waals surface area contributed by atoms with Crippen molar-refractivity contribution < 1.29 is 17.6 Å². The van der Waals surface area contributed by atoms with Gasteiger partial charge in [-0.15, -0.1) is 0 Å². The Morgan fingerprint density at radius 1 is 1.48 bits per heavy atom. The Hall–Kier alpha value is -1.60. The summed E-state index contributed by atoms with van der Waals surface area (Å²) in [6.45, 7) is 1.75. The van der Waals surface area contributed by atoms with Crippen LogP contribution in [0, 0.1) is 5.92 Å². The van der Waals surface area contributed by atoms with E-state index in [1.807, 2.05) is 0 Å². The van der Waals surface area contributed by atoms with Gasteiger partial charge < -0.3 is 9.32 Å². The lowest BCUT2D eigenvalue weighted by Gasteiger charge is -2.31. The largest absolute Gasteiger partial charge is 0.465 e. The van der Waals surface area contributed by atoms with E-state index in [2.05, 4.69) is 4.72 Å². The Bertz CT molecular complexity index is 585. The van der Waals surface area contributed by atoms with Crippen LogP contribution in [0.25, 0.3) is 6.08 Å². The molecule has 0 aromatic carbocycles. The molecule has 1 saturated heterocycles. The summed E-state index contributed by atoms with van der Waals surface area (Å²) in [4.78, 5) is 13.8. The third-order valence-electron chi connectivity index (χ3n) is 3.49. The van der Waals surface area contributed by atoms with Crippen LogP contribution in [0.4, 0.5) is 0 Å². The van der Waals surface area contributed by atoms with Gasteiger partial charge in [-0.25, -0.2) is 13.1 Å². The van der Waals surface area contributed by atoms with E-state index in [0.29, 0.717) is 25.4 Å². The summed E-state index contributed by atoms with van der Waals surface area (Å²) in [6.07, 6.45) is 7.49. The number of nitrogens with one attached hydrogen (secondary N) is 1. The Morgan fingerprint density at radius 3 is 2.76 bits per heavy atom. The van der Waals surface area contributed by atoms with E-state index in [0.717, 1.165) is 19.1 Å². The van der Waals surface area contributed by atoms with E-state index in [9.17, 15) is 13.2 Å². The molecule has 1 N–H and O–H groups in total. The van der Waals surface area contributed by atoms with Crippen LogP contribution in [0.1, 0.15) is 18.6 Å². The second-order valence-corrected chi connectivity index (χ2v) is 7.07. The molecule has 0 saturated carbocycles. The van der Waals surface area contributed by atoms with Crippen LogP contribution in [-0.2, 0) is 14.8 Å². The quantitative estimate of drug-likeness (QED) is 0.825. The first-order chi connectivity index (χ1) is 9.94. The number of carbonyl (C=O) groups excluding carboxylic acids is 1. The van der Waals surface area contributed by atoms with Crippen molar-refractivity contribution in [3.63, 3.8) is 0 Å². The maximum Gasteiger partial charge on any atom is 0.246 e. The molecule has 116 valence electrons. The summed E-state index contributed by atoms with van der Waals surface area (Å²) < 4.78 is 29.8. The molecule has 2 heterocycles. The SMILES string of the molecule is CS(=O)(=O)NCC1CCN(C(=O)/C=C/c2ccco2)CC1. The third kappa shape index (κ3) is 5.35. The number of furan rings is 1. The number of nitrogens with zero attached hydrogens (tertiary/aromatic N) is 1. The number of rotatable bonds is 5. The molecule has 0 radical (unpaired) electrons. The van der Waals surface area contributed by atoms with Gasteiger partial charge in [-0.3, -0.25) is 4.79 Å². The molecule has 1 aromatic heterocycles. The second kappa shape index (κ2) is 6.91. The highest BCUT2D eigenvalue weighted by atomic mass is 32.2. The minimum atomic E-state index is -3.14. The third-order valence-corrected chi connectivity index (χ3v) is 4.18. The molecule has 21 heavy (non-hydrogen) atoms. The zero-order valence-electron chi connectivity index (χ0n) is 12.0. The van der Waals surface area contributed by atoms with Gasteiger partial charge in [-0.05, 0) is 37.0 Å². The summed E-state index contributed by atoms with van der Waals surface area (Å²) in [5, 5.41) is 0. The molecule has 6 nitrogen and oxygen atoms in total. The molecule has 1 aromatic rings. The Balaban J connectivity index is 1.77. The van der Waals surface area contributed by atoms with Gasteiger partial charge in [-0.1, -0.05) is 0 Å². The molecule has 1 amide bonds. The highest BCUT2D eigenvalue weighted by molar-refractivity contribution is 7.88. The summed E-state index contributed by atoms with van der Waals surface area (Å²) in [6, 6.07) is 3.55. The monoisotopic (exact) mass is 312 g/mol. The topological polar surface area (TPSA) is 79.6 Å². The average Bonchev–Trinajstić information content (AvgIpc) is 2.95. The molecule has 1 fully saturated rings.